The molecular formula is C15H12N4O2S. The van der Waals surface area contributed by atoms with E-state index in [-0.39, 0.29) is 11.7 Å². The fourth-order valence-electron chi connectivity index (χ4n) is 1.87. The van der Waals surface area contributed by atoms with E-state index in [1.165, 1.54) is 11.8 Å². The van der Waals surface area contributed by atoms with Crippen LogP contribution in [-0.4, -0.2) is 32.2 Å². The van der Waals surface area contributed by atoms with Crippen molar-refractivity contribution in [2.24, 2.45) is 0 Å². The molecule has 2 heterocycles. The summed E-state index contributed by atoms with van der Waals surface area (Å²) in [7, 11) is 0. The van der Waals surface area contributed by atoms with E-state index in [4.69, 9.17) is 0 Å². The number of amides is 2. The first-order valence-electron chi connectivity index (χ1n) is 6.56. The topological polar surface area (TPSA) is 76.4 Å². The standard InChI is InChI=1S/C15H12N4O2S/c20-13(16-14(21)11-6-2-1-3-7-11)10-22-15-18-17-12-8-4-5-9-19(12)15/h1-9H,10H2,(H,16,20,21). The first kappa shape index (κ1) is 14.3. The maximum Gasteiger partial charge on any atom is 0.257 e. The van der Waals surface area contributed by atoms with Crippen LogP contribution in [-0.2, 0) is 4.79 Å². The van der Waals surface area contributed by atoms with Gasteiger partial charge in [-0.05, 0) is 24.3 Å². The number of hydrogen-bond donors (Lipinski definition) is 1. The molecule has 0 radical (unpaired) electrons. The molecule has 0 bridgehead atoms. The molecule has 1 N–H and O–H groups in total. The molecule has 2 amide bonds. The van der Waals surface area contributed by atoms with Crippen LogP contribution in [0.2, 0.25) is 0 Å². The van der Waals surface area contributed by atoms with Crippen LogP contribution in [0, 0.1) is 0 Å². The lowest BCUT2D eigenvalue weighted by atomic mass is 10.2. The van der Waals surface area contributed by atoms with Crippen LogP contribution in [0.15, 0.2) is 59.9 Å². The number of fused-ring (bicyclic) bond motifs is 1. The number of aromatic nitrogens is 3. The molecule has 0 aliphatic heterocycles. The van der Waals surface area contributed by atoms with E-state index in [1.54, 1.807) is 28.7 Å². The zero-order chi connectivity index (χ0) is 15.4. The highest BCUT2D eigenvalue weighted by molar-refractivity contribution is 7.99. The van der Waals surface area contributed by atoms with Gasteiger partial charge in [-0.2, -0.15) is 0 Å². The molecule has 6 nitrogen and oxygen atoms in total. The molecule has 22 heavy (non-hydrogen) atoms. The average molecular weight is 312 g/mol. The van der Waals surface area contributed by atoms with E-state index >= 15 is 0 Å². The van der Waals surface area contributed by atoms with Gasteiger partial charge in [0.1, 0.15) is 0 Å². The van der Waals surface area contributed by atoms with Gasteiger partial charge in [0, 0.05) is 11.8 Å². The van der Waals surface area contributed by atoms with E-state index < -0.39 is 5.91 Å². The SMILES string of the molecule is O=C(CSc1nnc2ccccn12)NC(=O)c1ccccc1. The second kappa shape index (κ2) is 6.40. The van der Waals surface area contributed by atoms with E-state index in [1.807, 2.05) is 30.5 Å². The number of nitrogens with zero attached hydrogens (tertiary/aromatic N) is 3. The molecule has 0 spiro atoms. The number of hydrogen-bond acceptors (Lipinski definition) is 5. The maximum atomic E-state index is 11.9. The molecule has 0 atom stereocenters. The number of nitrogens with one attached hydrogen (secondary N) is 1. The summed E-state index contributed by atoms with van der Waals surface area (Å²) >= 11 is 1.23. The minimum atomic E-state index is -0.405. The summed E-state index contributed by atoms with van der Waals surface area (Å²) < 4.78 is 1.79. The molecule has 3 rings (SSSR count). The van der Waals surface area contributed by atoms with Crippen LogP contribution in [0.4, 0.5) is 0 Å². The third-order valence-electron chi connectivity index (χ3n) is 2.90. The number of carbonyl (C=O) groups is 2. The first-order chi connectivity index (χ1) is 10.7. The summed E-state index contributed by atoms with van der Waals surface area (Å²) in [6.07, 6.45) is 1.82. The van der Waals surface area contributed by atoms with Crippen molar-refractivity contribution in [1.29, 1.82) is 0 Å². The number of benzene rings is 1. The van der Waals surface area contributed by atoms with Crippen LogP contribution >= 0.6 is 11.8 Å². The van der Waals surface area contributed by atoms with Crippen molar-refractivity contribution in [2.45, 2.75) is 5.16 Å². The molecule has 0 aliphatic rings. The van der Waals surface area contributed by atoms with Crippen LogP contribution in [0.1, 0.15) is 10.4 Å². The quantitative estimate of drug-likeness (QED) is 0.743. The second-order valence-electron chi connectivity index (χ2n) is 4.44. The summed E-state index contributed by atoms with van der Waals surface area (Å²) in [6.45, 7) is 0. The van der Waals surface area contributed by atoms with Crippen LogP contribution in [0.25, 0.3) is 5.65 Å². The van der Waals surface area contributed by atoms with Crippen molar-refractivity contribution in [3.63, 3.8) is 0 Å². The number of rotatable bonds is 4. The minimum Gasteiger partial charge on any atom is -0.292 e. The van der Waals surface area contributed by atoms with Crippen molar-refractivity contribution < 1.29 is 9.59 Å². The normalized spacial score (nSPS) is 10.5. The van der Waals surface area contributed by atoms with Gasteiger partial charge in [0.2, 0.25) is 5.91 Å². The zero-order valence-electron chi connectivity index (χ0n) is 11.5. The molecule has 3 aromatic rings. The molecule has 0 fully saturated rings. The Kier molecular flexibility index (Phi) is 4.15. The number of thioether (sulfide) groups is 1. The van der Waals surface area contributed by atoms with E-state index in [9.17, 15) is 9.59 Å². The smallest absolute Gasteiger partial charge is 0.257 e. The van der Waals surface area contributed by atoms with Crippen molar-refractivity contribution >= 4 is 29.2 Å². The third-order valence-corrected chi connectivity index (χ3v) is 3.85. The van der Waals surface area contributed by atoms with E-state index in [0.717, 1.165) is 0 Å². The van der Waals surface area contributed by atoms with Crippen LogP contribution < -0.4 is 5.32 Å². The van der Waals surface area contributed by atoms with Crippen molar-refractivity contribution in [3.05, 3.63) is 60.3 Å². The molecule has 7 heteroatoms. The molecule has 0 saturated carbocycles. The minimum absolute atomic E-state index is 0.0915. The Bertz CT molecular complexity index is 817. The highest BCUT2D eigenvalue weighted by atomic mass is 32.2. The van der Waals surface area contributed by atoms with Gasteiger partial charge in [0.15, 0.2) is 10.8 Å². The Balaban J connectivity index is 1.60. The number of imide groups is 1. The monoisotopic (exact) mass is 312 g/mol. The number of carbonyl (C=O) groups excluding carboxylic acids is 2. The van der Waals surface area contributed by atoms with Gasteiger partial charge in [-0.25, -0.2) is 0 Å². The van der Waals surface area contributed by atoms with Gasteiger partial charge < -0.3 is 0 Å². The molecule has 0 saturated heterocycles. The van der Waals surface area contributed by atoms with Gasteiger partial charge in [-0.3, -0.25) is 19.3 Å². The molecule has 1 aromatic carbocycles. The van der Waals surface area contributed by atoms with Crippen molar-refractivity contribution in [1.82, 2.24) is 19.9 Å². The Morgan fingerprint density at radius 1 is 1.05 bits per heavy atom. The van der Waals surface area contributed by atoms with Crippen LogP contribution in [0.3, 0.4) is 0 Å². The largest absolute Gasteiger partial charge is 0.292 e. The Morgan fingerprint density at radius 3 is 2.64 bits per heavy atom. The Morgan fingerprint density at radius 2 is 1.82 bits per heavy atom. The maximum absolute atomic E-state index is 11.9. The predicted octanol–water partition coefficient (Wildman–Crippen LogP) is 1.78. The lowest BCUT2D eigenvalue weighted by molar-refractivity contribution is -0.117. The summed E-state index contributed by atoms with van der Waals surface area (Å²) in [5, 5.41) is 11.0. The third kappa shape index (κ3) is 3.15. The fourth-order valence-corrected chi connectivity index (χ4v) is 2.60. The highest BCUT2D eigenvalue weighted by Gasteiger charge is 2.12. The highest BCUT2D eigenvalue weighted by Crippen LogP contribution is 2.16. The van der Waals surface area contributed by atoms with E-state index in [2.05, 4.69) is 15.5 Å². The van der Waals surface area contributed by atoms with Gasteiger partial charge >= 0.3 is 0 Å². The van der Waals surface area contributed by atoms with Gasteiger partial charge in [0.25, 0.3) is 5.91 Å². The second-order valence-corrected chi connectivity index (χ2v) is 5.39. The zero-order valence-corrected chi connectivity index (χ0v) is 12.3. The fraction of sp³-hybridized carbons (Fsp3) is 0.0667. The van der Waals surface area contributed by atoms with Gasteiger partial charge in [-0.1, -0.05) is 36.0 Å². The summed E-state index contributed by atoms with van der Waals surface area (Å²) in [6, 6.07) is 14.2. The van der Waals surface area contributed by atoms with E-state index in [0.29, 0.717) is 16.4 Å². The molecule has 0 unspecified atom stereocenters. The molecule has 0 aliphatic carbocycles. The molecular weight excluding hydrogens is 300 g/mol. The first-order valence-corrected chi connectivity index (χ1v) is 7.54. The number of pyridine rings is 1. The van der Waals surface area contributed by atoms with Gasteiger partial charge in [0.05, 0.1) is 5.75 Å². The van der Waals surface area contributed by atoms with Crippen molar-refractivity contribution in [2.75, 3.05) is 5.75 Å². The lowest BCUT2D eigenvalue weighted by Crippen LogP contribution is -2.31. The van der Waals surface area contributed by atoms with Crippen molar-refractivity contribution in [3.8, 4) is 0 Å². The molecule has 110 valence electrons. The Labute approximate surface area is 130 Å². The van der Waals surface area contributed by atoms with Crippen LogP contribution in [0.5, 0.6) is 0 Å². The molecule has 2 aromatic heterocycles. The predicted molar refractivity (Wildman–Crippen MR) is 82.6 cm³/mol. The average Bonchev–Trinajstić information content (AvgIpc) is 2.97. The Hall–Kier alpha value is -2.67. The summed E-state index contributed by atoms with van der Waals surface area (Å²) in [5.41, 5.74) is 1.17. The summed E-state index contributed by atoms with van der Waals surface area (Å²) in [4.78, 5) is 23.7. The van der Waals surface area contributed by atoms with Gasteiger partial charge in [-0.15, -0.1) is 10.2 Å². The lowest BCUT2D eigenvalue weighted by Gasteiger charge is -2.03. The summed E-state index contributed by atoms with van der Waals surface area (Å²) in [5.74, 6) is -0.683.